The van der Waals surface area contributed by atoms with Gasteiger partial charge in [-0.05, 0) is 11.0 Å². The molecule has 0 saturated heterocycles. The summed E-state index contributed by atoms with van der Waals surface area (Å²) in [6.45, 7) is 3.64. The molecular weight excluding hydrogens is 151 g/mol. The van der Waals surface area contributed by atoms with E-state index in [9.17, 15) is 5.02 Å². The summed E-state index contributed by atoms with van der Waals surface area (Å²) in [4.78, 5) is 0. The van der Waals surface area contributed by atoms with Gasteiger partial charge in [-0.3, -0.25) is 0 Å². The van der Waals surface area contributed by atoms with Crippen molar-refractivity contribution in [2.45, 2.75) is 6.10 Å². The molecule has 60 valence electrons. The van der Waals surface area contributed by atoms with Crippen LogP contribution in [0.25, 0.3) is 0 Å². The lowest BCUT2D eigenvalue weighted by Crippen LogP contribution is -2.27. The van der Waals surface area contributed by atoms with Crippen molar-refractivity contribution >= 4 is 12.6 Å². The minimum Gasteiger partial charge on any atom is -0.423 e. The van der Waals surface area contributed by atoms with Crippen molar-refractivity contribution in [2.24, 2.45) is 0 Å². The van der Waals surface area contributed by atoms with Crippen LogP contribution in [0.15, 0.2) is 36.9 Å². The van der Waals surface area contributed by atoms with Crippen LogP contribution in [-0.2, 0) is 4.65 Å². The second-order valence-electron chi connectivity index (χ2n) is 2.77. The highest BCUT2D eigenvalue weighted by Crippen LogP contribution is 2.23. The van der Waals surface area contributed by atoms with E-state index in [1.165, 1.54) is 0 Å². The standard InChI is InChI=1S/C9H9BO2/c1-2-9-7-5-3-4-6-8(7)10(11)12-9/h2-6,9,11H,1H2/t9-/m0/s1. The molecule has 0 aromatic heterocycles. The summed E-state index contributed by atoms with van der Waals surface area (Å²) in [6.07, 6.45) is 1.53. The zero-order valence-corrected chi connectivity index (χ0v) is 6.60. The maximum Gasteiger partial charge on any atom is 0.492 e. The monoisotopic (exact) mass is 160 g/mol. The van der Waals surface area contributed by atoms with Crippen molar-refractivity contribution in [3.05, 3.63) is 42.5 Å². The summed E-state index contributed by atoms with van der Waals surface area (Å²) in [5, 5.41) is 9.41. The van der Waals surface area contributed by atoms with Gasteiger partial charge in [0.2, 0.25) is 0 Å². The molecule has 2 rings (SSSR count). The van der Waals surface area contributed by atoms with E-state index in [0.29, 0.717) is 0 Å². The van der Waals surface area contributed by atoms with Crippen molar-refractivity contribution in [1.29, 1.82) is 0 Å². The predicted molar refractivity (Wildman–Crippen MR) is 48.1 cm³/mol. The topological polar surface area (TPSA) is 29.5 Å². The molecule has 0 unspecified atom stereocenters. The van der Waals surface area contributed by atoms with Gasteiger partial charge in [0, 0.05) is 0 Å². The number of fused-ring (bicyclic) bond motifs is 1. The van der Waals surface area contributed by atoms with E-state index in [1.807, 2.05) is 24.3 Å². The molecule has 0 saturated carbocycles. The van der Waals surface area contributed by atoms with E-state index in [0.717, 1.165) is 11.0 Å². The largest absolute Gasteiger partial charge is 0.492 e. The summed E-state index contributed by atoms with van der Waals surface area (Å²) < 4.78 is 5.22. The molecule has 1 aromatic carbocycles. The van der Waals surface area contributed by atoms with Crippen molar-refractivity contribution in [3.63, 3.8) is 0 Å². The lowest BCUT2D eigenvalue weighted by atomic mass is 9.79. The lowest BCUT2D eigenvalue weighted by Gasteiger charge is -2.03. The molecule has 0 spiro atoms. The van der Waals surface area contributed by atoms with E-state index in [1.54, 1.807) is 6.08 Å². The SMILES string of the molecule is C=C[C@@H]1OB(O)c2ccccc21. The molecule has 0 aliphatic carbocycles. The molecule has 0 bridgehead atoms. The van der Waals surface area contributed by atoms with Crippen LogP contribution in [0, 0.1) is 0 Å². The molecule has 1 N–H and O–H groups in total. The highest BCUT2D eigenvalue weighted by Gasteiger charge is 2.32. The fourth-order valence-corrected chi connectivity index (χ4v) is 1.46. The Balaban J connectivity index is 2.49. The molecule has 1 heterocycles. The second kappa shape index (κ2) is 2.77. The maximum absolute atomic E-state index is 9.41. The Morgan fingerprint density at radius 3 is 3.00 bits per heavy atom. The Kier molecular flexibility index (Phi) is 1.75. The molecule has 0 radical (unpaired) electrons. The number of benzene rings is 1. The van der Waals surface area contributed by atoms with Crippen LogP contribution in [0.5, 0.6) is 0 Å². The van der Waals surface area contributed by atoms with Gasteiger partial charge < -0.3 is 9.68 Å². The highest BCUT2D eigenvalue weighted by molar-refractivity contribution is 6.61. The predicted octanol–water partition coefficient (Wildman–Crippen LogP) is 0.631. The minimum atomic E-state index is -0.788. The fourth-order valence-electron chi connectivity index (χ4n) is 1.46. The summed E-state index contributed by atoms with van der Waals surface area (Å²) in [5.41, 5.74) is 1.86. The third-order valence-electron chi connectivity index (χ3n) is 2.06. The van der Waals surface area contributed by atoms with Crippen LogP contribution in [-0.4, -0.2) is 12.1 Å². The minimum absolute atomic E-state index is 0.156. The molecule has 3 heteroatoms. The average Bonchev–Trinajstić information content (AvgIpc) is 2.44. The Bertz CT molecular complexity index is 311. The fraction of sp³-hybridized carbons (Fsp3) is 0.111. The van der Waals surface area contributed by atoms with Crippen molar-refractivity contribution in [2.75, 3.05) is 0 Å². The average molecular weight is 160 g/mol. The van der Waals surface area contributed by atoms with Gasteiger partial charge in [0.1, 0.15) is 0 Å². The Morgan fingerprint density at radius 2 is 2.25 bits per heavy atom. The van der Waals surface area contributed by atoms with E-state index >= 15 is 0 Å². The highest BCUT2D eigenvalue weighted by atomic mass is 16.5. The molecule has 1 atom stereocenters. The van der Waals surface area contributed by atoms with Crippen LogP contribution in [0.2, 0.25) is 0 Å². The normalized spacial score (nSPS) is 20.8. The zero-order chi connectivity index (χ0) is 8.55. The maximum atomic E-state index is 9.41. The van der Waals surface area contributed by atoms with Crippen LogP contribution in [0.3, 0.4) is 0 Å². The summed E-state index contributed by atoms with van der Waals surface area (Å²) >= 11 is 0. The van der Waals surface area contributed by atoms with E-state index < -0.39 is 7.12 Å². The van der Waals surface area contributed by atoms with E-state index in [4.69, 9.17) is 4.65 Å². The first-order chi connectivity index (χ1) is 5.83. The van der Waals surface area contributed by atoms with Gasteiger partial charge in [0.25, 0.3) is 0 Å². The van der Waals surface area contributed by atoms with Gasteiger partial charge in [0.15, 0.2) is 0 Å². The van der Waals surface area contributed by atoms with Gasteiger partial charge in [-0.2, -0.15) is 0 Å². The molecule has 0 fully saturated rings. The van der Waals surface area contributed by atoms with Crippen molar-refractivity contribution < 1.29 is 9.68 Å². The van der Waals surface area contributed by atoms with Crippen molar-refractivity contribution in [3.8, 4) is 0 Å². The molecule has 1 aliphatic rings. The van der Waals surface area contributed by atoms with Crippen LogP contribution < -0.4 is 5.46 Å². The van der Waals surface area contributed by atoms with Crippen LogP contribution >= 0.6 is 0 Å². The number of rotatable bonds is 1. The first-order valence-electron chi connectivity index (χ1n) is 3.88. The molecule has 1 aliphatic heterocycles. The van der Waals surface area contributed by atoms with Gasteiger partial charge in [-0.15, -0.1) is 6.58 Å². The molecule has 12 heavy (non-hydrogen) atoms. The van der Waals surface area contributed by atoms with Gasteiger partial charge in [-0.25, -0.2) is 0 Å². The Labute approximate surface area is 71.6 Å². The first-order valence-corrected chi connectivity index (χ1v) is 3.88. The molecule has 1 aromatic rings. The second-order valence-corrected chi connectivity index (χ2v) is 2.77. The number of hydrogen-bond donors (Lipinski definition) is 1. The van der Waals surface area contributed by atoms with E-state index in [2.05, 4.69) is 6.58 Å². The van der Waals surface area contributed by atoms with Gasteiger partial charge in [0.05, 0.1) is 6.10 Å². The summed E-state index contributed by atoms with van der Waals surface area (Å²) in [5.74, 6) is 0. The summed E-state index contributed by atoms with van der Waals surface area (Å²) in [6, 6.07) is 7.62. The quantitative estimate of drug-likeness (QED) is 0.482. The van der Waals surface area contributed by atoms with E-state index in [-0.39, 0.29) is 6.10 Å². The molecule has 2 nitrogen and oxygen atoms in total. The van der Waals surface area contributed by atoms with Crippen LogP contribution in [0.1, 0.15) is 11.7 Å². The third-order valence-corrected chi connectivity index (χ3v) is 2.06. The summed E-state index contributed by atoms with van der Waals surface area (Å²) in [7, 11) is -0.788. The van der Waals surface area contributed by atoms with Gasteiger partial charge >= 0.3 is 7.12 Å². The lowest BCUT2D eigenvalue weighted by molar-refractivity contribution is 0.234. The molecule has 0 amide bonds. The molecular formula is C9H9BO2. The van der Waals surface area contributed by atoms with Crippen molar-refractivity contribution in [1.82, 2.24) is 0 Å². The third kappa shape index (κ3) is 0.985. The van der Waals surface area contributed by atoms with Gasteiger partial charge in [-0.1, -0.05) is 30.3 Å². The zero-order valence-electron chi connectivity index (χ0n) is 6.60. The Hall–Kier alpha value is -1.06. The smallest absolute Gasteiger partial charge is 0.423 e. The Morgan fingerprint density at radius 1 is 1.50 bits per heavy atom. The first kappa shape index (κ1) is 7.59. The van der Waals surface area contributed by atoms with Crippen LogP contribution in [0.4, 0.5) is 0 Å². The number of hydrogen-bond acceptors (Lipinski definition) is 2.